The SMILES string of the molecule is N=C(N)c1ccc2cccnc2n1. The maximum atomic E-state index is 7.20. The van der Waals surface area contributed by atoms with Crippen molar-refractivity contribution in [2.45, 2.75) is 0 Å². The van der Waals surface area contributed by atoms with Crippen LogP contribution in [0.2, 0.25) is 0 Å². The molecule has 0 aliphatic rings. The molecule has 3 N–H and O–H groups in total. The van der Waals surface area contributed by atoms with Crippen LogP contribution in [0.25, 0.3) is 11.0 Å². The van der Waals surface area contributed by atoms with E-state index in [0.717, 1.165) is 5.39 Å². The molecule has 0 saturated carbocycles. The number of nitrogens with zero attached hydrogens (tertiary/aromatic N) is 2. The predicted octanol–water partition coefficient (Wildman–Crippen LogP) is 0.914. The molecule has 0 aliphatic carbocycles. The van der Waals surface area contributed by atoms with Gasteiger partial charge in [-0.05, 0) is 24.3 Å². The Morgan fingerprint density at radius 2 is 2.15 bits per heavy atom. The third kappa shape index (κ3) is 1.33. The van der Waals surface area contributed by atoms with Crippen LogP contribution in [0.15, 0.2) is 30.5 Å². The molecule has 4 nitrogen and oxygen atoms in total. The standard InChI is InChI=1S/C9H8N4/c10-8(11)7-4-3-6-2-1-5-12-9(6)13-7/h1-5H,(H3,10,11). The van der Waals surface area contributed by atoms with Crippen LogP contribution in [0, 0.1) is 5.41 Å². The van der Waals surface area contributed by atoms with Crippen molar-refractivity contribution in [3.05, 3.63) is 36.2 Å². The highest BCUT2D eigenvalue weighted by Gasteiger charge is 1.99. The lowest BCUT2D eigenvalue weighted by Crippen LogP contribution is -2.12. The lowest BCUT2D eigenvalue weighted by Gasteiger charge is -1.98. The molecule has 0 spiro atoms. The quantitative estimate of drug-likeness (QED) is 0.496. The first-order chi connectivity index (χ1) is 6.27. The molecule has 0 atom stereocenters. The minimum absolute atomic E-state index is 0.0347. The maximum absolute atomic E-state index is 7.20. The van der Waals surface area contributed by atoms with Crippen molar-refractivity contribution in [3.8, 4) is 0 Å². The van der Waals surface area contributed by atoms with Gasteiger partial charge in [0.25, 0.3) is 0 Å². The number of nitrogen functional groups attached to an aromatic ring is 1. The second-order valence-corrected chi connectivity index (χ2v) is 2.66. The van der Waals surface area contributed by atoms with Crippen molar-refractivity contribution in [1.82, 2.24) is 9.97 Å². The second-order valence-electron chi connectivity index (χ2n) is 2.66. The van der Waals surface area contributed by atoms with E-state index in [2.05, 4.69) is 9.97 Å². The third-order valence-electron chi connectivity index (χ3n) is 1.74. The number of hydrogen-bond acceptors (Lipinski definition) is 3. The predicted molar refractivity (Wildman–Crippen MR) is 50.6 cm³/mol. The number of nitrogens with two attached hydrogens (primary N) is 1. The van der Waals surface area contributed by atoms with Gasteiger partial charge in [-0.15, -0.1) is 0 Å². The number of nitrogens with one attached hydrogen (secondary N) is 1. The van der Waals surface area contributed by atoms with Gasteiger partial charge in [0.15, 0.2) is 5.65 Å². The van der Waals surface area contributed by atoms with Gasteiger partial charge in [-0.2, -0.15) is 0 Å². The van der Waals surface area contributed by atoms with Gasteiger partial charge in [0.05, 0.1) is 0 Å². The second kappa shape index (κ2) is 2.82. The van der Waals surface area contributed by atoms with E-state index in [0.29, 0.717) is 11.3 Å². The van der Waals surface area contributed by atoms with Crippen molar-refractivity contribution in [1.29, 1.82) is 5.41 Å². The summed E-state index contributed by atoms with van der Waals surface area (Å²) in [4.78, 5) is 8.17. The maximum Gasteiger partial charge on any atom is 0.159 e. The zero-order valence-electron chi connectivity index (χ0n) is 6.86. The fraction of sp³-hybridized carbons (Fsp3) is 0. The fourth-order valence-electron chi connectivity index (χ4n) is 1.10. The van der Waals surface area contributed by atoms with Crippen molar-refractivity contribution < 1.29 is 0 Å². The van der Waals surface area contributed by atoms with E-state index in [-0.39, 0.29) is 5.84 Å². The average molecular weight is 172 g/mol. The molecule has 0 radical (unpaired) electrons. The molecule has 2 aromatic heterocycles. The Kier molecular flexibility index (Phi) is 1.66. The lowest BCUT2D eigenvalue weighted by molar-refractivity contribution is 1.24. The van der Waals surface area contributed by atoms with Gasteiger partial charge in [0.1, 0.15) is 11.5 Å². The van der Waals surface area contributed by atoms with Crippen molar-refractivity contribution in [2.75, 3.05) is 0 Å². The first kappa shape index (κ1) is 7.67. The topological polar surface area (TPSA) is 75.7 Å². The Morgan fingerprint density at radius 3 is 2.92 bits per heavy atom. The van der Waals surface area contributed by atoms with Crippen molar-refractivity contribution in [3.63, 3.8) is 0 Å². The van der Waals surface area contributed by atoms with Crippen LogP contribution in [0.3, 0.4) is 0 Å². The van der Waals surface area contributed by atoms with Gasteiger partial charge >= 0.3 is 0 Å². The molecule has 13 heavy (non-hydrogen) atoms. The van der Waals surface area contributed by atoms with Gasteiger partial charge in [-0.25, -0.2) is 9.97 Å². The van der Waals surface area contributed by atoms with Crippen molar-refractivity contribution >= 4 is 16.9 Å². The number of rotatable bonds is 1. The number of pyridine rings is 2. The minimum atomic E-state index is -0.0347. The largest absolute Gasteiger partial charge is 0.382 e. The van der Waals surface area contributed by atoms with E-state index in [1.807, 2.05) is 18.2 Å². The molecule has 0 unspecified atom stereocenters. The normalized spacial score (nSPS) is 10.2. The Morgan fingerprint density at radius 1 is 1.31 bits per heavy atom. The van der Waals surface area contributed by atoms with E-state index < -0.39 is 0 Å². The summed E-state index contributed by atoms with van der Waals surface area (Å²) >= 11 is 0. The Bertz CT molecular complexity index is 464. The number of fused-ring (bicyclic) bond motifs is 1. The van der Waals surface area contributed by atoms with E-state index in [4.69, 9.17) is 11.1 Å². The Balaban J connectivity index is 2.69. The molecule has 2 heterocycles. The molecular formula is C9H8N4. The number of amidine groups is 1. The first-order valence-electron chi connectivity index (χ1n) is 3.83. The zero-order chi connectivity index (χ0) is 9.26. The summed E-state index contributed by atoms with van der Waals surface area (Å²) in [6, 6.07) is 7.33. The smallest absolute Gasteiger partial charge is 0.159 e. The summed E-state index contributed by atoms with van der Waals surface area (Å²) < 4.78 is 0. The van der Waals surface area contributed by atoms with Gasteiger partial charge in [-0.3, -0.25) is 5.41 Å². The first-order valence-corrected chi connectivity index (χ1v) is 3.83. The Labute approximate surface area is 74.9 Å². The summed E-state index contributed by atoms with van der Waals surface area (Å²) in [6.45, 7) is 0. The molecule has 64 valence electrons. The van der Waals surface area contributed by atoms with Gasteiger partial charge in [0.2, 0.25) is 0 Å². The monoisotopic (exact) mass is 172 g/mol. The van der Waals surface area contributed by atoms with Gasteiger partial charge in [-0.1, -0.05) is 0 Å². The molecule has 0 amide bonds. The van der Waals surface area contributed by atoms with Crippen LogP contribution < -0.4 is 5.73 Å². The summed E-state index contributed by atoms with van der Waals surface area (Å²) in [6.07, 6.45) is 1.67. The highest BCUT2D eigenvalue weighted by molar-refractivity contribution is 5.94. The summed E-state index contributed by atoms with van der Waals surface area (Å²) in [7, 11) is 0. The molecule has 2 rings (SSSR count). The zero-order valence-corrected chi connectivity index (χ0v) is 6.86. The average Bonchev–Trinajstić information content (AvgIpc) is 2.17. The van der Waals surface area contributed by atoms with E-state index >= 15 is 0 Å². The molecule has 0 fully saturated rings. The Hall–Kier alpha value is -1.97. The van der Waals surface area contributed by atoms with Crippen LogP contribution in [0.5, 0.6) is 0 Å². The van der Waals surface area contributed by atoms with Gasteiger partial charge < -0.3 is 5.73 Å². The molecule has 0 aliphatic heterocycles. The molecule has 0 aromatic carbocycles. The van der Waals surface area contributed by atoms with E-state index in [1.165, 1.54) is 0 Å². The van der Waals surface area contributed by atoms with Crippen LogP contribution in [0.1, 0.15) is 5.69 Å². The fourth-order valence-corrected chi connectivity index (χ4v) is 1.10. The highest BCUT2D eigenvalue weighted by atomic mass is 14.9. The molecule has 0 saturated heterocycles. The van der Waals surface area contributed by atoms with Crippen molar-refractivity contribution in [2.24, 2.45) is 5.73 Å². The number of hydrogen-bond donors (Lipinski definition) is 2. The van der Waals surface area contributed by atoms with E-state index in [1.54, 1.807) is 12.3 Å². The van der Waals surface area contributed by atoms with Gasteiger partial charge in [0, 0.05) is 11.6 Å². The minimum Gasteiger partial charge on any atom is -0.382 e. The van der Waals surface area contributed by atoms with Crippen LogP contribution in [-0.2, 0) is 0 Å². The molecule has 2 aromatic rings. The molecular weight excluding hydrogens is 164 g/mol. The number of aromatic nitrogens is 2. The van der Waals surface area contributed by atoms with E-state index in [9.17, 15) is 0 Å². The van der Waals surface area contributed by atoms with Crippen LogP contribution >= 0.6 is 0 Å². The summed E-state index contributed by atoms with van der Waals surface area (Å²) in [5.41, 5.74) is 6.38. The summed E-state index contributed by atoms with van der Waals surface area (Å²) in [5, 5.41) is 8.15. The third-order valence-corrected chi connectivity index (χ3v) is 1.74. The molecule has 4 heteroatoms. The van der Waals surface area contributed by atoms with Crippen LogP contribution in [0.4, 0.5) is 0 Å². The summed E-state index contributed by atoms with van der Waals surface area (Å²) in [5.74, 6) is -0.0347. The van der Waals surface area contributed by atoms with Crippen LogP contribution in [-0.4, -0.2) is 15.8 Å². The lowest BCUT2D eigenvalue weighted by atomic mass is 10.2. The highest BCUT2D eigenvalue weighted by Crippen LogP contribution is 2.08. The molecule has 0 bridgehead atoms.